The third-order valence-electron chi connectivity index (χ3n) is 4.14. The Kier molecular flexibility index (Phi) is 12.0. The molecule has 0 aromatic heterocycles. The van der Waals surface area contributed by atoms with Gasteiger partial charge < -0.3 is 24.4 Å². The molecule has 1 atom stereocenters. The van der Waals surface area contributed by atoms with Crippen LogP contribution in [-0.2, 0) is 14.2 Å². The van der Waals surface area contributed by atoms with Gasteiger partial charge in [0.25, 0.3) is 0 Å². The maximum atomic E-state index is 5.69. The van der Waals surface area contributed by atoms with E-state index in [4.69, 9.17) is 14.2 Å². The van der Waals surface area contributed by atoms with E-state index in [9.17, 15) is 0 Å². The Hall–Kier alpha value is -0.120. The summed E-state index contributed by atoms with van der Waals surface area (Å²) in [5.41, 5.74) is 0. The molecule has 7 heteroatoms. The van der Waals surface area contributed by atoms with Gasteiger partial charge in [0.05, 0.1) is 32.5 Å². The summed E-state index contributed by atoms with van der Waals surface area (Å²) >= 11 is 0. The fourth-order valence-electron chi connectivity index (χ4n) is 2.52. The topological polar surface area (TPSA) is 55.3 Å². The van der Waals surface area contributed by atoms with E-state index in [2.05, 4.69) is 29.2 Å². The monoisotopic (exact) mass is 455 g/mol. The normalized spacial score (nSPS) is 20.8. The molecule has 0 aromatic carbocycles. The second-order valence-corrected chi connectivity index (χ2v) is 6.39. The minimum Gasteiger partial charge on any atom is -0.379 e. The van der Waals surface area contributed by atoms with Gasteiger partial charge in [-0.05, 0) is 38.5 Å². The molecule has 6 nitrogen and oxygen atoms in total. The molecule has 1 saturated heterocycles. The first-order valence-electron chi connectivity index (χ1n) is 9.06. The van der Waals surface area contributed by atoms with E-state index in [-0.39, 0.29) is 24.0 Å². The fraction of sp³-hybridized carbons (Fsp3) is 0.941. The average molecular weight is 455 g/mol. The van der Waals surface area contributed by atoms with Crippen LogP contribution in [0.2, 0.25) is 0 Å². The molecule has 142 valence electrons. The largest absolute Gasteiger partial charge is 0.379 e. The molecular formula is C17H34IN3O3. The van der Waals surface area contributed by atoms with Gasteiger partial charge in [-0.1, -0.05) is 0 Å². The molecular weight excluding hydrogens is 421 g/mol. The van der Waals surface area contributed by atoms with Gasteiger partial charge >= 0.3 is 0 Å². The summed E-state index contributed by atoms with van der Waals surface area (Å²) in [6, 6.07) is 0. The number of nitrogens with zero attached hydrogens (tertiary/aromatic N) is 2. The quantitative estimate of drug-likeness (QED) is 0.224. The molecule has 0 spiro atoms. The zero-order chi connectivity index (χ0) is 16.3. The lowest BCUT2D eigenvalue weighted by molar-refractivity contribution is 0.0199. The highest BCUT2D eigenvalue weighted by atomic mass is 127. The fourth-order valence-corrected chi connectivity index (χ4v) is 2.52. The van der Waals surface area contributed by atoms with Crippen molar-refractivity contribution in [2.45, 2.75) is 38.7 Å². The number of rotatable bonds is 11. The molecule has 1 heterocycles. The maximum absolute atomic E-state index is 5.69. The Morgan fingerprint density at radius 1 is 1.21 bits per heavy atom. The molecule has 1 aliphatic heterocycles. The maximum Gasteiger partial charge on any atom is 0.193 e. The van der Waals surface area contributed by atoms with Gasteiger partial charge in [-0.15, -0.1) is 24.0 Å². The zero-order valence-electron chi connectivity index (χ0n) is 15.2. The van der Waals surface area contributed by atoms with Gasteiger partial charge in [-0.25, -0.2) is 0 Å². The predicted octanol–water partition coefficient (Wildman–Crippen LogP) is 2.12. The van der Waals surface area contributed by atoms with Crippen LogP contribution in [0.5, 0.6) is 0 Å². The van der Waals surface area contributed by atoms with Crippen LogP contribution in [-0.4, -0.2) is 76.7 Å². The highest BCUT2D eigenvalue weighted by Gasteiger charge is 2.21. The highest BCUT2D eigenvalue weighted by molar-refractivity contribution is 14.0. The van der Waals surface area contributed by atoms with Crippen molar-refractivity contribution >= 4 is 29.9 Å². The number of hydrogen-bond donors (Lipinski definition) is 1. The van der Waals surface area contributed by atoms with E-state index < -0.39 is 0 Å². The summed E-state index contributed by atoms with van der Waals surface area (Å²) in [5.74, 6) is 1.74. The molecule has 0 radical (unpaired) electrons. The molecule has 1 N–H and O–H groups in total. The molecule has 2 rings (SSSR count). The molecule has 1 unspecified atom stereocenters. The molecule has 0 bridgehead atoms. The van der Waals surface area contributed by atoms with Crippen molar-refractivity contribution in [3.05, 3.63) is 0 Å². The van der Waals surface area contributed by atoms with Gasteiger partial charge in [0.1, 0.15) is 0 Å². The summed E-state index contributed by atoms with van der Waals surface area (Å²) in [6.07, 6.45) is 5.25. The van der Waals surface area contributed by atoms with Crippen molar-refractivity contribution in [2.75, 3.05) is 59.7 Å². The molecule has 0 amide bonds. The van der Waals surface area contributed by atoms with Crippen molar-refractivity contribution in [3.63, 3.8) is 0 Å². The van der Waals surface area contributed by atoms with Gasteiger partial charge in [0.2, 0.25) is 0 Å². The minimum absolute atomic E-state index is 0. The number of ether oxygens (including phenoxy) is 3. The number of likely N-dealkylation sites (N-methyl/N-ethyl adjacent to an activating group) is 1. The van der Waals surface area contributed by atoms with Crippen molar-refractivity contribution in [3.8, 4) is 0 Å². The van der Waals surface area contributed by atoms with Crippen LogP contribution >= 0.6 is 24.0 Å². The van der Waals surface area contributed by atoms with Crippen molar-refractivity contribution < 1.29 is 14.2 Å². The van der Waals surface area contributed by atoms with E-state index in [0.29, 0.717) is 25.9 Å². The summed E-state index contributed by atoms with van der Waals surface area (Å²) in [6.45, 7) is 8.36. The highest BCUT2D eigenvalue weighted by Crippen LogP contribution is 2.28. The zero-order valence-corrected chi connectivity index (χ0v) is 17.5. The summed E-state index contributed by atoms with van der Waals surface area (Å²) in [7, 11) is 2.05. The lowest BCUT2D eigenvalue weighted by Crippen LogP contribution is -2.40. The lowest BCUT2D eigenvalue weighted by Gasteiger charge is -2.22. The van der Waals surface area contributed by atoms with Crippen LogP contribution in [0.3, 0.4) is 0 Å². The first kappa shape index (κ1) is 21.9. The lowest BCUT2D eigenvalue weighted by atomic mass is 10.2. The molecule has 2 aliphatic rings. The Morgan fingerprint density at radius 2 is 2.00 bits per heavy atom. The van der Waals surface area contributed by atoms with Crippen LogP contribution in [0.1, 0.15) is 32.6 Å². The van der Waals surface area contributed by atoms with E-state index in [0.717, 1.165) is 57.6 Å². The number of guanidine groups is 1. The minimum atomic E-state index is 0. The van der Waals surface area contributed by atoms with Crippen LogP contribution < -0.4 is 5.32 Å². The Balaban J connectivity index is 0.00000288. The van der Waals surface area contributed by atoms with E-state index >= 15 is 0 Å². The Bertz CT molecular complexity index is 348. The van der Waals surface area contributed by atoms with Crippen molar-refractivity contribution in [1.82, 2.24) is 10.2 Å². The molecule has 24 heavy (non-hydrogen) atoms. The van der Waals surface area contributed by atoms with Gasteiger partial charge in [0, 0.05) is 33.4 Å². The smallest absolute Gasteiger partial charge is 0.193 e. The van der Waals surface area contributed by atoms with Gasteiger partial charge in [-0.3, -0.25) is 4.99 Å². The standard InChI is InChI=1S/C17H33N3O3.HI/c1-3-18-17(20(2)9-12-22-13-15-6-7-15)19-8-11-21-14-16-5-4-10-23-16;/h15-16H,3-14H2,1-2H3,(H,18,19);1H. The number of nitrogens with one attached hydrogen (secondary N) is 1. The summed E-state index contributed by atoms with van der Waals surface area (Å²) in [5, 5.41) is 3.32. The molecule has 1 saturated carbocycles. The SMILES string of the molecule is CCNC(=NCCOCC1CCCO1)N(C)CCOCC1CC1.I. The van der Waals surface area contributed by atoms with Crippen LogP contribution in [0.25, 0.3) is 0 Å². The predicted molar refractivity (Wildman–Crippen MR) is 107 cm³/mol. The van der Waals surface area contributed by atoms with Crippen LogP contribution in [0, 0.1) is 5.92 Å². The van der Waals surface area contributed by atoms with E-state index in [1.807, 2.05) is 0 Å². The number of halogens is 1. The average Bonchev–Trinajstić information content (AvgIpc) is 3.23. The number of hydrogen-bond acceptors (Lipinski definition) is 4. The molecule has 1 aliphatic carbocycles. The third kappa shape index (κ3) is 9.39. The van der Waals surface area contributed by atoms with Gasteiger partial charge in [-0.2, -0.15) is 0 Å². The summed E-state index contributed by atoms with van der Waals surface area (Å²) < 4.78 is 16.9. The van der Waals surface area contributed by atoms with E-state index in [1.54, 1.807) is 0 Å². The van der Waals surface area contributed by atoms with Crippen LogP contribution in [0.15, 0.2) is 4.99 Å². The van der Waals surface area contributed by atoms with Gasteiger partial charge in [0.15, 0.2) is 5.96 Å². The molecule has 2 fully saturated rings. The van der Waals surface area contributed by atoms with E-state index in [1.165, 1.54) is 12.8 Å². The first-order valence-corrected chi connectivity index (χ1v) is 9.06. The molecule has 0 aromatic rings. The first-order chi connectivity index (χ1) is 11.3. The number of aliphatic imine (C=N–C) groups is 1. The third-order valence-corrected chi connectivity index (χ3v) is 4.14. The summed E-state index contributed by atoms with van der Waals surface area (Å²) in [4.78, 5) is 6.74. The van der Waals surface area contributed by atoms with Crippen molar-refractivity contribution in [2.24, 2.45) is 10.9 Å². The van der Waals surface area contributed by atoms with Crippen LogP contribution in [0.4, 0.5) is 0 Å². The van der Waals surface area contributed by atoms with Crippen molar-refractivity contribution in [1.29, 1.82) is 0 Å². The Labute approximate surface area is 163 Å². The Morgan fingerprint density at radius 3 is 2.67 bits per heavy atom. The second-order valence-electron chi connectivity index (χ2n) is 6.39. The second kappa shape index (κ2) is 13.1.